The quantitative estimate of drug-likeness (QED) is 0.793. The highest BCUT2D eigenvalue weighted by atomic mass is 35.5. The van der Waals surface area contributed by atoms with Crippen LogP contribution < -0.4 is 5.32 Å². The largest absolute Gasteiger partial charge is 0.444 e. The van der Waals surface area contributed by atoms with Gasteiger partial charge in [-0.05, 0) is 34.1 Å². The maximum absolute atomic E-state index is 11.6. The Hall–Kier alpha value is -1.17. The molecule has 0 spiro atoms. The summed E-state index contributed by atoms with van der Waals surface area (Å²) < 4.78 is 10.0. The molecule has 2 amide bonds. The Bertz CT molecular complexity index is 341. The minimum atomic E-state index is -0.662. The summed E-state index contributed by atoms with van der Waals surface area (Å²) in [5.74, 6) is 0. The molecule has 0 aromatic rings. The second-order valence-electron chi connectivity index (χ2n) is 5.50. The number of hydrogen-bond acceptors (Lipinski definition) is 4. The van der Waals surface area contributed by atoms with Gasteiger partial charge in [-0.3, -0.25) is 0 Å². The monoisotopic (exact) mass is 292 g/mol. The summed E-state index contributed by atoms with van der Waals surface area (Å²) in [5.41, 5.74) is -1.19. The smallest absolute Gasteiger partial charge is 0.411 e. The van der Waals surface area contributed by atoms with E-state index in [1.165, 1.54) is 4.90 Å². The number of alkyl halides is 1. The Balaban J connectivity index is 2.36. The summed E-state index contributed by atoms with van der Waals surface area (Å²) in [7, 11) is 0. The van der Waals surface area contributed by atoms with Gasteiger partial charge in [0.05, 0.1) is 6.04 Å². The van der Waals surface area contributed by atoms with Crippen LogP contribution in [0.5, 0.6) is 0 Å². The summed E-state index contributed by atoms with van der Waals surface area (Å²) >= 11 is 5.58. The van der Waals surface area contributed by atoms with E-state index >= 15 is 0 Å². The van der Waals surface area contributed by atoms with Crippen LogP contribution in [0.3, 0.4) is 0 Å². The Labute approximate surface area is 118 Å². The molecule has 1 fully saturated rings. The molecule has 1 heterocycles. The first-order chi connectivity index (χ1) is 8.67. The Morgan fingerprint density at radius 3 is 2.58 bits per heavy atom. The van der Waals surface area contributed by atoms with Crippen molar-refractivity contribution in [3.8, 4) is 0 Å². The molecule has 1 N–H and O–H groups in total. The first-order valence-corrected chi connectivity index (χ1v) is 6.70. The zero-order valence-corrected chi connectivity index (χ0v) is 12.5. The lowest BCUT2D eigenvalue weighted by atomic mass is 10.2. The average molecular weight is 293 g/mol. The normalized spacial score (nSPS) is 20.9. The zero-order valence-electron chi connectivity index (χ0n) is 11.7. The molecule has 1 aliphatic heterocycles. The maximum Gasteiger partial charge on any atom is 0.411 e. The van der Waals surface area contributed by atoms with Gasteiger partial charge in [0.2, 0.25) is 0 Å². The number of alkyl carbamates (subject to hydrolysis) is 1. The SMILES string of the molecule is CC(Cl)OC(=O)N1CC[C@H](NC(=O)OC(C)(C)C)C1. The van der Waals surface area contributed by atoms with Crippen LogP contribution in [0.1, 0.15) is 34.1 Å². The fraction of sp³-hybridized carbons (Fsp3) is 0.833. The number of carbonyl (C=O) groups is 2. The minimum Gasteiger partial charge on any atom is -0.444 e. The van der Waals surface area contributed by atoms with Gasteiger partial charge in [-0.2, -0.15) is 0 Å². The van der Waals surface area contributed by atoms with Crippen LogP contribution in [0.4, 0.5) is 9.59 Å². The van der Waals surface area contributed by atoms with E-state index in [0.29, 0.717) is 19.5 Å². The van der Waals surface area contributed by atoms with Crippen molar-refractivity contribution >= 4 is 23.8 Å². The van der Waals surface area contributed by atoms with Gasteiger partial charge >= 0.3 is 12.2 Å². The third kappa shape index (κ3) is 6.00. The van der Waals surface area contributed by atoms with Crippen LogP contribution in [-0.4, -0.2) is 47.4 Å². The number of amides is 2. The molecule has 110 valence electrons. The average Bonchev–Trinajstić information content (AvgIpc) is 2.61. The van der Waals surface area contributed by atoms with Crippen molar-refractivity contribution in [3.05, 3.63) is 0 Å². The Morgan fingerprint density at radius 2 is 2.05 bits per heavy atom. The third-order valence-corrected chi connectivity index (χ3v) is 2.52. The van der Waals surface area contributed by atoms with E-state index in [-0.39, 0.29) is 6.04 Å². The van der Waals surface area contributed by atoms with Crippen molar-refractivity contribution in [3.63, 3.8) is 0 Å². The van der Waals surface area contributed by atoms with E-state index in [1.54, 1.807) is 27.7 Å². The number of nitrogens with zero attached hydrogens (tertiary/aromatic N) is 1. The van der Waals surface area contributed by atoms with Crippen LogP contribution >= 0.6 is 11.6 Å². The van der Waals surface area contributed by atoms with Crippen LogP contribution in [0.15, 0.2) is 0 Å². The molecule has 2 atom stereocenters. The zero-order chi connectivity index (χ0) is 14.6. The molecule has 1 unspecified atom stereocenters. The van der Waals surface area contributed by atoms with Gasteiger partial charge < -0.3 is 19.7 Å². The molecule has 19 heavy (non-hydrogen) atoms. The van der Waals surface area contributed by atoms with E-state index < -0.39 is 23.4 Å². The van der Waals surface area contributed by atoms with Crippen LogP contribution in [0, 0.1) is 0 Å². The van der Waals surface area contributed by atoms with Crippen molar-refractivity contribution in [1.29, 1.82) is 0 Å². The van der Waals surface area contributed by atoms with Crippen LogP contribution in [0.25, 0.3) is 0 Å². The molecule has 0 bridgehead atoms. The first-order valence-electron chi connectivity index (χ1n) is 6.26. The Morgan fingerprint density at radius 1 is 1.42 bits per heavy atom. The van der Waals surface area contributed by atoms with E-state index in [4.69, 9.17) is 21.1 Å². The molecule has 1 aliphatic rings. The summed E-state index contributed by atoms with van der Waals surface area (Å²) in [4.78, 5) is 24.7. The molecule has 0 radical (unpaired) electrons. The molecular weight excluding hydrogens is 272 g/mol. The summed E-state index contributed by atoms with van der Waals surface area (Å²) in [6.07, 6.45) is -0.264. The van der Waals surface area contributed by atoms with Gasteiger partial charge in [-0.1, -0.05) is 11.6 Å². The highest BCUT2D eigenvalue weighted by Gasteiger charge is 2.30. The number of halogens is 1. The van der Waals surface area contributed by atoms with Gasteiger partial charge in [-0.25, -0.2) is 9.59 Å². The first kappa shape index (κ1) is 15.9. The highest BCUT2D eigenvalue weighted by Crippen LogP contribution is 2.13. The van der Waals surface area contributed by atoms with Gasteiger partial charge in [0.1, 0.15) is 5.60 Å². The van der Waals surface area contributed by atoms with Crippen molar-refractivity contribution in [2.45, 2.75) is 51.3 Å². The molecule has 7 heteroatoms. The van der Waals surface area contributed by atoms with Crippen molar-refractivity contribution in [1.82, 2.24) is 10.2 Å². The molecule has 0 saturated carbocycles. The van der Waals surface area contributed by atoms with Gasteiger partial charge in [0.25, 0.3) is 0 Å². The van der Waals surface area contributed by atoms with E-state index in [0.717, 1.165) is 0 Å². The minimum absolute atomic E-state index is 0.118. The number of hydrogen-bond donors (Lipinski definition) is 1. The molecule has 0 aromatic carbocycles. The second-order valence-corrected chi connectivity index (χ2v) is 6.12. The highest BCUT2D eigenvalue weighted by molar-refractivity contribution is 6.19. The fourth-order valence-electron chi connectivity index (χ4n) is 1.73. The van der Waals surface area contributed by atoms with Crippen LogP contribution in [-0.2, 0) is 9.47 Å². The molecule has 0 aliphatic carbocycles. The lowest BCUT2D eigenvalue weighted by molar-refractivity contribution is 0.0502. The topological polar surface area (TPSA) is 67.9 Å². The van der Waals surface area contributed by atoms with Gasteiger partial charge in [0.15, 0.2) is 5.56 Å². The van der Waals surface area contributed by atoms with Gasteiger partial charge in [-0.15, -0.1) is 0 Å². The van der Waals surface area contributed by atoms with Crippen molar-refractivity contribution in [2.75, 3.05) is 13.1 Å². The lowest BCUT2D eigenvalue weighted by Crippen LogP contribution is -2.41. The molecule has 6 nitrogen and oxygen atoms in total. The number of likely N-dealkylation sites (tertiary alicyclic amines) is 1. The maximum atomic E-state index is 11.6. The third-order valence-electron chi connectivity index (χ3n) is 2.43. The van der Waals surface area contributed by atoms with Crippen molar-refractivity contribution < 1.29 is 19.1 Å². The molecule has 1 rings (SSSR count). The Kier molecular flexibility index (Phi) is 5.29. The molecule has 0 aromatic heterocycles. The number of carbonyl (C=O) groups excluding carboxylic acids is 2. The van der Waals surface area contributed by atoms with E-state index in [1.807, 2.05) is 0 Å². The number of rotatable bonds is 2. The van der Waals surface area contributed by atoms with Gasteiger partial charge in [0, 0.05) is 13.1 Å². The predicted molar refractivity (Wildman–Crippen MR) is 71.1 cm³/mol. The van der Waals surface area contributed by atoms with Crippen molar-refractivity contribution in [2.24, 2.45) is 0 Å². The number of nitrogens with one attached hydrogen (secondary N) is 1. The number of ether oxygens (including phenoxy) is 2. The summed E-state index contributed by atoms with van der Waals surface area (Å²) in [5, 5.41) is 2.73. The molecular formula is C12H21ClN2O4. The summed E-state index contributed by atoms with van der Waals surface area (Å²) in [6, 6.07) is -0.118. The standard InChI is InChI=1S/C12H21ClN2O4/c1-8(13)18-11(17)15-6-5-9(7-15)14-10(16)19-12(2,3)4/h8-9H,5-7H2,1-4H3,(H,14,16)/t8?,9-/m0/s1. The predicted octanol–water partition coefficient (Wildman–Crippen LogP) is 2.31. The second kappa shape index (κ2) is 6.32. The fourth-order valence-corrected chi connectivity index (χ4v) is 1.81. The van der Waals surface area contributed by atoms with E-state index in [2.05, 4.69) is 5.32 Å². The van der Waals surface area contributed by atoms with Crippen LogP contribution in [0.2, 0.25) is 0 Å². The summed E-state index contributed by atoms with van der Waals surface area (Å²) in [6.45, 7) is 7.91. The lowest BCUT2D eigenvalue weighted by Gasteiger charge is -2.22. The molecule has 1 saturated heterocycles. The van der Waals surface area contributed by atoms with E-state index in [9.17, 15) is 9.59 Å².